The molecule has 2 saturated heterocycles. The third-order valence-electron chi connectivity index (χ3n) is 12.4. The van der Waals surface area contributed by atoms with Crippen LogP contribution in [0, 0.1) is 0 Å². The summed E-state index contributed by atoms with van der Waals surface area (Å²) in [7, 11) is 0. The van der Waals surface area contributed by atoms with Crippen LogP contribution in [0.2, 0.25) is 0 Å². The highest BCUT2D eigenvalue weighted by Gasteiger charge is 2.51. The number of ether oxygens (including phenoxy) is 4. The molecular formula is C50H91NO13. The van der Waals surface area contributed by atoms with Gasteiger partial charge in [-0.2, -0.15) is 0 Å². The van der Waals surface area contributed by atoms with Crippen molar-refractivity contribution in [3.8, 4) is 0 Å². The van der Waals surface area contributed by atoms with Gasteiger partial charge in [0.05, 0.1) is 32.0 Å². The molecule has 0 radical (unpaired) electrons. The Bertz CT molecular complexity index is 1220. The molecule has 64 heavy (non-hydrogen) atoms. The Morgan fingerprint density at radius 1 is 0.578 bits per heavy atom. The maximum Gasteiger partial charge on any atom is 0.220 e. The molecule has 14 heteroatoms. The van der Waals surface area contributed by atoms with Crippen molar-refractivity contribution in [2.45, 2.75) is 254 Å². The number of hydrogen-bond donors (Lipinski definition) is 9. The molecule has 12 unspecified atom stereocenters. The van der Waals surface area contributed by atoms with Gasteiger partial charge in [-0.25, -0.2) is 0 Å². The average Bonchev–Trinajstić information content (AvgIpc) is 3.29. The van der Waals surface area contributed by atoms with Crippen LogP contribution in [-0.2, 0) is 23.7 Å². The second kappa shape index (κ2) is 37.2. The molecule has 1 amide bonds. The van der Waals surface area contributed by atoms with Crippen LogP contribution in [0.1, 0.15) is 181 Å². The van der Waals surface area contributed by atoms with Crippen molar-refractivity contribution < 1.29 is 64.6 Å². The first kappa shape index (κ1) is 58.3. The summed E-state index contributed by atoms with van der Waals surface area (Å²) in [5.74, 6) is -0.255. The van der Waals surface area contributed by atoms with E-state index in [1.807, 2.05) is 19.1 Å². The van der Waals surface area contributed by atoms with Crippen LogP contribution in [0.15, 0.2) is 36.5 Å². The second-order valence-corrected chi connectivity index (χ2v) is 17.9. The molecule has 2 fully saturated rings. The van der Waals surface area contributed by atoms with Crippen LogP contribution in [-0.4, -0.2) is 140 Å². The number of rotatable bonds is 38. The summed E-state index contributed by atoms with van der Waals surface area (Å²) < 4.78 is 22.6. The van der Waals surface area contributed by atoms with Gasteiger partial charge in [0.25, 0.3) is 0 Å². The Morgan fingerprint density at radius 3 is 1.53 bits per heavy atom. The van der Waals surface area contributed by atoms with Gasteiger partial charge in [-0.1, -0.05) is 172 Å². The molecule has 2 rings (SSSR count). The van der Waals surface area contributed by atoms with Gasteiger partial charge in [0.15, 0.2) is 12.6 Å². The molecule has 0 aliphatic carbocycles. The summed E-state index contributed by atoms with van der Waals surface area (Å²) >= 11 is 0. The lowest BCUT2D eigenvalue weighted by atomic mass is 9.97. The summed E-state index contributed by atoms with van der Waals surface area (Å²) in [4.78, 5) is 13.1. The number of nitrogens with one attached hydrogen (secondary N) is 1. The van der Waals surface area contributed by atoms with Crippen LogP contribution < -0.4 is 5.32 Å². The fourth-order valence-electron chi connectivity index (χ4n) is 8.27. The normalized spacial score (nSPS) is 27.5. The van der Waals surface area contributed by atoms with Gasteiger partial charge in [0.2, 0.25) is 5.91 Å². The first-order valence-electron chi connectivity index (χ1n) is 25.2. The van der Waals surface area contributed by atoms with Crippen molar-refractivity contribution in [3.63, 3.8) is 0 Å². The van der Waals surface area contributed by atoms with Crippen LogP contribution >= 0.6 is 0 Å². The van der Waals surface area contributed by atoms with E-state index in [4.69, 9.17) is 18.9 Å². The second-order valence-electron chi connectivity index (χ2n) is 17.9. The van der Waals surface area contributed by atoms with Gasteiger partial charge >= 0.3 is 0 Å². The van der Waals surface area contributed by atoms with E-state index in [2.05, 4.69) is 30.5 Å². The fourth-order valence-corrected chi connectivity index (χ4v) is 8.27. The van der Waals surface area contributed by atoms with E-state index in [9.17, 15) is 45.6 Å². The third kappa shape index (κ3) is 24.3. The molecule has 0 bridgehead atoms. The van der Waals surface area contributed by atoms with Crippen LogP contribution in [0.3, 0.4) is 0 Å². The molecule has 0 aromatic carbocycles. The topological polar surface area (TPSA) is 228 Å². The number of aliphatic hydroxyl groups excluding tert-OH is 8. The van der Waals surface area contributed by atoms with E-state index in [-0.39, 0.29) is 18.9 Å². The largest absolute Gasteiger partial charge is 0.394 e. The third-order valence-corrected chi connectivity index (χ3v) is 12.4. The predicted octanol–water partition coefficient (Wildman–Crippen LogP) is 6.32. The van der Waals surface area contributed by atoms with Gasteiger partial charge in [-0.05, 0) is 39.0 Å². The molecule has 2 aliphatic rings. The lowest BCUT2D eigenvalue weighted by Crippen LogP contribution is -2.65. The lowest BCUT2D eigenvalue weighted by molar-refractivity contribution is -0.359. The number of hydrogen-bond acceptors (Lipinski definition) is 13. The minimum Gasteiger partial charge on any atom is -0.394 e. The molecular weight excluding hydrogens is 823 g/mol. The molecule has 0 aromatic heterocycles. The highest BCUT2D eigenvalue weighted by Crippen LogP contribution is 2.30. The Balaban J connectivity index is 1.77. The quantitative estimate of drug-likeness (QED) is 0.0244. The molecule has 374 valence electrons. The Hall–Kier alpha value is -1.79. The Kier molecular flexibility index (Phi) is 33.9. The molecule has 2 heterocycles. The summed E-state index contributed by atoms with van der Waals surface area (Å²) in [6.45, 7) is 2.52. The zero-order valence-corrected chi connectivity index (χ0v) is 39.5. The van der Waals surface area contributed by atoms with Gasteiger partial charge in [0, 0.05) is 6.42 Å². The lowest BCUT2D eigenvalue weighted by Gasteiger charge is -2.46. The molecule has 12 atom stereocenters. The van der Waals surface area contributed by atoms with E-state index in [0.29, 0.717) is 12.8 Å². The van der Waals surface area contributed by atoms with E-state index in [0.717, 1.165) is 38.5 Å². The van der Waals surface area contributed by atoms with Crippen LogP contribution in [0.5, 0.6) is 0 Å². The summed E-state index contributed by atoms with van der Waals surface area (Å²) in [6, 6.07) is -0.932. The van der Waals surface area contributed by atoms with E-state index in [1.54, 1.807) is 6.08 Å². The number of aliphatic hydroxyl groups is 8. The molecule has 9 N–H and O–H groups in total. The van der Waals surface area contributed by atoms with Crippen molar-refractivity contribution >= 4 is 5.91 Å². The van der Waals surface area contributed by atoms with Gasteiger partial charge in [-0.3, -0.25) is 4.79 Å². The van der Waals surface area contributed by atoms with Crippen molar-refractivity contribution in [2.24, 2.45) is 0 Å². The smallest absolute Gasteiger partial charge is 0.220 e. The maximum atomic E-state index is 13.1. The number of carbonyl (C=O) groups is 1. The van der Waals surface area contributed by atoms with E-state index < -0.39 is 86.8 Å². The Labute approximate surface area is 385 Å². The average molecular weight is 914 g/mol. The zero-order valence-electron chi connectivity index (χ0n) is 39.5. The Morgan fingerprint density at radius 2 is 1.03 bits per heavy atom. The van der Waals surface area contributed by atoms with Gasteiger partial charge in [0.1, 0.15) is 48.8 Å². The minimum atomic E-state index is -1.79. The van der Waals surface area contributed by atoms with Gasteiger partial charge in [-0.15, -0.1) is 0 Å². The van der Waals surface area contributed by atoms with Crippen LogP contribution in [0.4, 0.5) is 0 Å². The van der Waals surface area contributed by atoms with E-state index >= 15 is 0 Å². The SMILES string of the molecule is C/C=C/CC/C=C/CC/C=C/C(O)C(COC1OC(CO)C(OC2OC(CO)C(O)C(O)C2O)C(O)C1O)NC(=O)CCCCCCCCCCCCCCCCCCCCCCC. The standard InChI is InChI=1S/C50H91NO13/c1-3-5-7-9-11-13-14-15-16-17-18-19-20-21-22-23-24-26-28-30-32-34-42(55)51-38(39(54)33-31-29-27-25-12-10-8-6-4-2)37-61-49-47(60)45(58)48(41(36-53)63-49)64-50-46(59)44(57)43(56)40(35-52)62-50/h4,6,12,25,31,33,38-41,43-50,52-54,56-60H,3,5,7-11,13-24,26-30,32,34-37H2,1-2H3,(H,51,55)/b6-4+,25-12+,33-31+. The van der Waals surface area contributed by atoms with Crippen molar-refractivity contribution in [2.75, 3.05) is 19.8 Å². The monoisotopic (exact) mass is 914 g/mol. The molecule has 2 aliphatic heterocycles. The number of amides is 1. The molecule has 0 spiro atoms. The number of unbranched alkanes of at least 4 members (excludes halogenated alkanes) is 22. The van der Waals surface area contributed by atoms with Crippen LogP contribution in [0.25, 0.3) is 0 Å². The first-order chi connectivity index (χ1) is 31.1. The number of allylic oxidation sites excluding steroid dienone is 5. The first-order valence-corrected chi connectivity index (χ1v) is 25.2. The zero-order chi connectivity index (χ0) is 46.8. The number of carbonyl (C=O) groups excluding carboxylic acids is 1. The summed E-state index contributed by atoms with van der Waals surface area (Å²) in [6.07, 6.45) is 25.2. The van der Waals surface area contributed by atoms with E-state index in [1.165, 1.54) is 109 Å². The molecule has 14 nitrogen and oxygen atoms in total. The maximum absolute atomic E-state index is 13.1. The minimum absolute atomic E-state index is 0.255. The highest BCUT2D eigenvalue weighted by atomic mass is 16.7. The summed E-state index contributed by atoms with van der Waals surface area (Å²) in [5.41, 5.74) is 0. The fraction of sp³-hybridized carbons (Fsp3) is 0.860. The van der Waals surface area contributed by atoms with Crippen molar-refractivity contribution in [3.05, 3.63) is 36.5 Å². The molecule has 0 saturated carbocycles. The molecule has 0 aromatic rings. The van der Waals surface area contributed by atoms with Crippen molar-refractivity contribution in [1.29, 1.82) is 0 Å². The predicted molar refractivity (Wildman–Crippen MR) is 249 cm³/mol. The summed E-state index contributed by atoms with van der Waals surface area (Å²) in [5, 5.41) is 86.4. The van der Waals surface area contributed by atoms with Gasteiger partial charge < -0.3 is 65.1 Å². The van der Waals surface area contributed by atoms with Crippen molar-refractivity contribution in [1.82, 2.24) is 5.32 Å². The highest BCUT2D eigenvalue weighted by molar-refractivity contribution is 5.76.